The van der Waals surface area contributed by atoms with Crippen LogP contribution in [0.3, 0.4) is 0 Å². The molecule has 1 N–H and O–H groups in total. The van der Waals surface area contributed by atoms with Crippen molar-refractivity contribution in [2.75, 3.05) is 20.7 Å². The van der Waals surface area contributed by atoms with Crippen molar-refractivity contribution in [2.45, 2.75) is 39.3 Å². The fourth-order valence-electron chi connectivity index (χ4n) is 5.03. The van der Waals surface area contributed by atoms with Gasteiger partial charge in [0.2, 0.25) is 0 Å². The predicted molar refractivity (Wildman–Crippen MR) is 160 cm³/mol. The molecular weight excluding hydrogens is 596 g/mol. The smallest absolute Gasteiger partial charge is 0.262 e. The molecule has 3 atom stereocenters. The number of carbonyl (C=O) groups excluding carboxylic acids is 2. The van der Waals surface area contributed by atoms with Crippen LogP contribution in [-0.4, -0.2) is 57.2 Å². The Morgan fingerprint density at radius 3 is 2.00 bits per heavy atom. The number of aliphatic hydroxyl groups excluding tert-OH is 1. The maximum absolute atomic E-state index is 14.3. The van der Waals surface area contributed by atoms with Crippen LogP contribution in [0.1, 0.15) is 32.4 Å². The molecule has 0 saturated carbocycles. The number of hydrogen-bond acceptors (Lipinski definition) is 6. The Labute approximate surface area is 246 Å². The van der Waals surface area contributed by atoms with Crippen LogP contribution in [0.15, 0.2) is 78.9 Å². The number of aliphatic hydroxyl groups is 1. The summed E-state index contributed by atoms with van der Waals surface area (Å²) in [6, 6.07) is 25.7. The number of alkyl halides is 1. The van der Waals surface area contributed by atoms with Gasteiger partial charge in [-0.15, -0.1) is 23.5 Å². The monoisotopic (exact) mass is 626 g/mol. The van der Waals surface area contributed by atoms with Crippen LogP contribution in [0.5, 0.6) is 0 Å². The molecule has 6 rings (SSSR count). The van der Waals surface area contributed by atoms with Crippen LogP contribution >= 0.6 is 39.5 Å². The number of hydrogen-bond donors (Lipinski definition) is 1. The van der Waals surface area contributed by atoms with Gasteiger partial charge in [-0.3, -0.25) is 9.59 Å². The third kappa shape index (κ3) is 5.27. The molecule has 1 unspecified atom stereocenters. The van der Waals surface area contributed by atoms with Gasteiger partial charge in [0.05, 0.1) is 24.4 Å². The number of piperazine rings is 1. The Bertz CT molecular complexity index is 1330. The first kappa shape index (κ1) is 28.2. The summed E-state index contributed by atoms with van der Waals surface area (Å²) < 4.78 is 5.94. The lowest BCUT2D eigenvalue weighted by molar-refractivity contribution is -0.166. The molecule has 3 fully saturated rings. The van der Waals surface area contributed by atoms with Gasteiger partial charge in [-0.2, -0.15) is 0 Å². The molecule has 0 radical (unpaired) electrons. The quantitative estimate of drug-likeness (QED) is 0.324. The number of likely N-dealkylation sites (N-methyl/N-ethyl adjacent to an activating group) is 2. The fourth-order valence-corrected chi connectivity index (χ4v) is 9.20. The van der Waals surface area contributed by atoms with Gasteiger partial charge < -0.3 is 19.6 Å². The summed E-state index contributed by atoms with van der Waals surface area (Å²) in [5.41, 5.74) is 4.94. The zero-order chi connectivity index (χ0) is 27.6. The molecule has 3 aliphatic rings. The fraction of sp³-hybridized carbons (Fsp3) is 0.333. The van der Waals surface area contributed by atoms with E-state index in [1.165, 1.54) is 23.5 Å². The molecule has 0 aliphatic carbocycles. The summed E-state index contributed by atoms with van der Waals surface area (Å²) in [4.78, 5) is 29.5. The average Bonchev–Trinajstić information content (AvgIpc) is 3.13. The van der Waals surface area contributed by atoms with E-state index in [4.69, 9.17) is 4.74 Å². The van der Waals surface area contributed by atoms with Gasteiger partial charge in [0, 0.05) is 25.8 Å². The van der Waals surface area contributed by atoms with E-state index in [1.54, 1.807) is 23.9 Å². The maximum atomic E-state index is 14.3. The summed E-state index contributed by atoms with van der Waals surface area (Å²) in [7, 11) is 3.48. The third-order valence-corrected chi connectivity index (χ3v) is 11.6. The van der Waals surface area contributed by atoms with E-state index >= 15 is 0 Å². The third-order valence-electron chi connectivity index (χ3n) is 7.43. The van der Waals surface area contributed by atoms with E-state index in [0.717, 1.165) is 33.1 Å². The topological polar surface area (TPSA) is 70.1 Å². The minimum Gasteiger partial charge on any atom is -0.392 e. The Morgan fingerprint density at radius 2 is 1.36 bits per heavy atom. The van der Waals surface area contributed by atoms with Gasteiger partial charge in [-0.05, 0) is 27.8 Å². The second-order valence-electron chi connectivity index (χ2n) is 9.87. The molecule has 0 aromatic heterocycles. The van der Waals surface area contributed by atoms with Crippen molar-refractivity contribution in [3.05, 3.63) is 107 Å². The zero-order valence-electron chi connectivity index (χ0n) is 21.9. The molecule has 2 amide bonds. The molecule has 204 valence electrons. The van der Waals surface area contributed by atoms with Crippen molar-refractivity contribution in [3.63, 3.8) is 0 Å². The van der Waals surface area contributed by atoms with Crippen LogP contribution in [0, 0.1) is 0 Å². The van der Waals surface area contributed by atoms with Crippen molar-refractivity contribution >= 4 is 51.3 Å². The van der Waals surface area contributed by atoms with E-state index in [2.05, 4.69) is 15.9 Å². The highest BCUT2D eigenvalue weighted by Crippen LogP contribution is 2.61. The van der Waals surface area contributed by atoms with Crippen molar-refractivity contribution in [1.29, 1.82) is 0 Å². The SMILES string of the molecule is CN1C(=O)[C@]2(Cc3ccc(CBr)cc3)SC(c3ccc(CO)cc3)S[C@@]1(COCc1ccccc1)C(=O)N2C. The second-order valence-corrected chi connectivity index (χ2v) is 13.5. The van der Waals surface area contributed by atoms with E-state index < -0.39 is 9.74 Å². The molecule has 9 heteroatoms. The molecule has 3 aromatic rings. The summed E-state index contributed by atoms with van der Waals surface area (Å²) in [6.07, 6.45) is 0.387. The number of fused-ring (bicyclic) bond motifs is 4. The first-order valence-electron chi connectivity index (χ1n) is 12.7. The number of nitrogens with zero attached hydrogens (tertiary/aromatic N) is 2. The molecule has 0 spiro atoms. The second kappa shape index (κ2) is 11.7. The van der Waals surface area contributed by atoms with E-state index in [1.807, 2.05) is 78.9 Å². The van der Waals surface area contributed by atoms with Crippen molar-refractivity contribution in [1.82, 2.24) is 9.80 Å². The number of ether oxygens (including phenoxy) is 1. The van der Waals surface area contributed by atoms with E-state index in [0.29, 0.717) is 13.0 Å². The molecule has 6 nitrogen and oxygen atoms in total. The van der Waals surface area contributed by atoms with Gasteiger partial charge in [0.15, 0.2) is 9.74 Å². The first-order valence-corrected chi connectivity index (χ1v) is 15.6. The highest BCUT2D eigenvalue weighted by molar-refractivity contribution is 9.08. The Hall–Kier alpha value is -2.30. The normalized spacial score (nSPS) is 24.8. The van der Waals surface area contributed by atoms with Crippen molar-refractivity contribution in [2.24, 2.45) is 0 Å². The summed E-state index contributed by atoms with van der Waals surface area (Å²) in [5, 5.41) is 10.3. The van der Waals surface area contributed by atoms with E-state index in [-0.39, 0.29) is 29.6 Å². The number of benzene rings is 3. The van der Waals surface area contributed by atoms with Crippen LogP contribution in [0.2, 0.25) is 0 Å². The molecule has 39 heavy (non-hydrogen) atoms. The molecular formula is C30H31BrN2O4S2. The molecule has 2 bridgehead atoms. The van der Waals surface area contributed by atoms with Crippen LogP contribution in [0.25, 0.3) is 0 Å². The van der Waals surface area contributed by atoms with Crippen LogP contribution < -0.4 is 0 Å². The Morgan fingerprint density at radius 1 is 0.795 bits per heavy atom. The largest absolute Gasteiger partial charge is 0.392 e. The zero-order valence-corrected chi connectivity index (χ0v) is 25.1. The minimum atomic E-state index is -1.21. The van der Waals surface area contributed by atoms with Gasteiger partial charge >= 0.3 is 0 Å². The molecule has 3 saturated heterocycles. The van der Waals surface area contributed by atoms with Gasteiger partial charge in [0.25, 0.3) is 11.8 Å². The first-order chi connectivity index (χ1) is 18.8. The number of halogens is 1. The number of carbonyl (C=O) groups is 2. The lowest BCUT2D eigenvalue weighted by Gasteiger charge is -2.51. The van der Waals surface area contributed by atoms with Gasteiger partial charge in [-0.1, -0.05) is 94.8 Å². The maximum Gasteiger partial charge on any atom is 0.262 e. The number of thioether (sulfide) groups is 2. The highest BCUT2D eigenvalue weighted by Gasteiger charge is 2.66. The number of amides is 2. The predicted octanol–water partition coefficient (Wildman–Crippen LogP) is 5.33. The van der Waals surface area contributed by atoms with Crippen LogP contribution in [-0.2, 0) is 39.3 Å². The molecule has 3 aromatic carbocycles. The van der Waals surface area contributed by atoms with E-state index in [9.17, 15) is 14.7 Å². The van der Waals surface area contributed by atoms with Gasteiger partial charge in [0.1, 0.15) is 0 Å². The summed E-state index contributed by atoms with van der Waals surface area (Å²) in [5.74, 6) is -0.244. The van der Waals surface area contributed by atoms with Crippen LogP contribution in [0.4, 0.5) is 0 Å². The Balaban J connectivity index is 1.54. The number of rotatable bonds is 9. The Kier molecular flexibility index (Phi) is 8.45. The summed E-state index contributed by atoms with van der Waals surface area (Å²) in [6.45, 7) is 0.370. The average molecular weight is 628 g/mol. The standard InChI is InChI=1S/C30H31BrN2O4S2/c1-32-28(36)30(20-37-19-24-6-4-3-5-7-24)33(2)27(35)29(32,16-21-8-10-22(17-31)11-9-21)38-26(39-30)25-14-12-23(18-34)13-15-25/h3-15,26,34H,16-20H2,1-2H3/t26?,29-,30-/m0/s1. The lowest BCUT2D eigenvalue weighted by atomic mass is 9.97. The highest BCUT2D eigenvalue weighted by atomic mass is 79.9. The van der Waals surface area contributed by atoms with Crippen molar-refractivity contribution in [3.8, 4) is 0 Å². The minimum absolute atomic E-state index is 0.0424. The van der Waals surface area contributed by atoms with Crippen molar-refractivity contribution < 1.29 is 19.4 Å². The lowest BCUT2D eigenvalue weighted by Crippen LogP contribution is -2.73. The molecule has 3 heterocycles. The summed E-state index contributed by atoms with van der Waals surface area (Å²) >= 11 is 6.47. The van der Waals surface area contributed by atoms with Gasteiger partial charge in [-0.25, -0.2) is 0 Å². The molecule has 3 aliphatic heterocycles.